The summed E-state index contributed by atoms with van der Waals surface area (Å²) in [6.07, 6.45) is 8.29. The lowest BCUT2D eigenvalue weighted by atomic mass is 9.98. The number of hydrogen-bond donors (Lipinski definition) is 1. The highest BCUT2D eigenvalue weighted by atomic mass is 32.2. The lowest BCUT2D eigenvalue weighted by Gasteiger charge is -2.23. The normalized spacial score (nSPS) is 25.2. The third kappa shape index (κ3) is 3.15. The zero-order valence-electron chi connectivity index (χ0n) is 11.4. The van der Waals surface area contributed by atoms with Crippen molar-refractivity contribution in [3.8, 4) is 0 Å². The van der Waals surface area contributed by atoms with E-state index in [0.29, 0.717) is 12.6 Å². The van der Waals surface area contributed by atoms with Gasteiger partial charge in [0.25, 0.3) is 0 Å². The van der Waals surface area contributed by atoms with Crippen LogP contribution >= 0.6 is 11.8 Å². The predicted molar refractivity (Wildman–Crippen MR) is 80.4 cm³/mol. The lowest BCUT2D eigenvalue weighted by Crippen LogP contribution is -2.25. The second-order valence-corrected chi connectivity index (χ2v) is 6.92. The first-order chi connectivity index (χ1) is 9.30. The van der Waals surface area contributed by atoms with Crippen molar-refractivity contribution in [2.24, 2.45) is 5.73 Å². The van der Waals surface area contributed by atoms with E-state index in [0.717, 1.165) is 5.75 Å². The van der Waals surface area contributed by atoms with Crippen LogP contribution in [0.2, 0.25) is 0 Å². The van der Waals surface area contributed by atoms with Crippen LogP contribution in [0.25, 0.3) is 0 Å². The van der Waals surface area contributed by atoms with Crippen molar-refractivity contribution >= 4 is 11.8 Å². The molecule has 2 nitrogen and oxygen atoms in total. The molecule has 1 aromatic carbocycles. The van der Waals surface area contributed by atoms with E-state index in [1.165, 1.54) is 49.0 Å². The SMILES string of the molecule is NCc1ccc(SCC2CCC3(CCCC3)O2)cc1. The largest absolute Gasteiger partial charge is 0.371 e. The Hall–Kier alpha value is -0.510. The minimum atomic E-state index is 0.272. The Balaban J connectivity index is 1.49. The minimum absolute atomic E-state index is 0.272. The summed E-state index contributed by atoms with van der Waals surface area (Å²) in [6.45, 7) is 0.624. The van der Waals surface area contributed by atoms with Crippen molar-refractivity contribution in [1.82, 2.24) is 0 Å². The summed E-state index contributed by atoms with van der Waals surface area (Å²) in [6, 6.07) is 8.59. The predicted octanol–water partition coefficient (Wildman–Crippen LogP) is 3.73. The van der Waals surface area contributed by atoms with Gasteiger partial charge in [0.05, 0.1) is 11.7 Å². The quantitative estimate of drug-likeness (QED) is 0.852. The standard InChI is InChI=1S/C16H23NOS/c17-11-13-3-5-15(6-4-13)19-12-14-7-10-16(18-14)8-1-2-9-16/h3-6,14H,1-2,7-12,17H2. The minimum Gasteiger partial charge on any atom is -0.371 e. The molecule has 1 spiro atoms. The average Bonchev–Trinajstić information content (AvgIpc) is 3.08. The van der Waals surface area contributed by atoms with E-state index < -0.39 is 0 Å². The van der Waals surface area contributed by atoms with Crippen molar-refractivity contribution in [2.75, 3.05) is 5.75 Å². The van der Waals surface area contributed by atoms with Crippen LogP contribution in [0.15, 0.2) is 29.2 Å². The maximum absolute atomic E-state index is 6.34. The van der Waals surface area contributed by atoms with Gasteiger partial charge in [-0.1, -0.05) is 25.0 Å². The number of rotatable bonds is 4. The average molecular weight is 277 g/mol. The molecule has 0 amide bonds. The van der Waals surface area contributed by atoms with Gasteiger partial charge in [0.1, 0.15) is 0 Å². The molecule has 1 aliphatic heterocycles. The molecule has 0 aromatic heterocycles. The maximum Gasteiger partial charge on any atom is 0.0687 e. The van der Waals surface area contributed by atoms with Crippen LogP contribution in [-0.4, -0.2) is 17.5 Å². The zero-order chi connectivity index (χ0) is 13.1. The monoisotopic (exact) mass is 277 g/mol. The highest BCUT2D eigenvalue weighted by Crippen LogP contribution is 2.44. The lowest BCUT2D eigenvalue weighted by molar-refractivity contribution is -0.0267. The molecule has 1 saturated heterocycles. The molecule has 3 rings (SSSR count). The molecular formula is C16H23NOS. The van der Waals surface area contributed by atoms with Gasteiger partial charge < -0.3 is 10.5 Å². The van der Waals surface area contributed by atoms with Crippen molar-refractivity contribution in [3.63, 3.8) is 0 Å². The van der Waals surface area contributed by atoms with Crippen molar-refractivity contribution in [2.45, 2.75) is 61.7 Å². The fourth-order valence-electron chi connectivity index (χ4n) is 3.31. The number of benzene rings is 1. The summed E-state index contributed by atoms with van der Waals surface area (Å²) in [5, 5.41) is 0. The van der Waals surface area contributed by atoms with Gasteiger partial charge in [-0.3, -0.25) is 0 Å². The molecule has 2 aliphatic rings. The second kappa shape index (κ2) is 5.86. The fourth-order valence-corrected chi connectivity index (χ4v) is 4.25. The van der Waals surface area contributed by atoms with Crippen molar-refractivity contribution in [3.05, 3.63) is 29.8 Å². The summed E-state index contributed by atoms with van der Waals surface area (Å²) < 4.78 is 6.34. The summed E-state index contributed by atoms with van der Waals surface area (Å²) in [4.78, 5) is 1.33. The van der Waals surface area contributed by atoms with Crippen LogP contribution in [0.3, 0.4) is 0 Å². The third-order valence-electron chi connectivity index (χ3n) is 4.45. The maximum atomic E-state index is 6.34. The van der Waals surface area contributed by atoms with E-state index in [-0.39, 0.29) is 5.60 Å². The molecule has 1 saturated carbocycles. The highest BCUT2D eigenvalue weighted by Gasteiger charge is 2.41. The topological polar surface area (TPSA) is 35.2 Å². The van der Waals surface area contributed by atoms with Gasteiger partial charge in [-0.2, -0.15) is 0 Å². The molecular weight excluding hydrogens is 254 g/mol. The smallest absolute Gasteiger partial charge is 0.0687 e. The van der Waals surface area contributed by atoms with E-state index in [1.807, 2.05) is 11.8 Å². The molecule has 1 unspecified atom stereocenters. The summed E-state index contributed by atoms with van der Waals surface area (Å²) >= 11 is 1.91. The Morgan fingerprint density at radius 1 is 1.16 bits per heavy atom. The molecule has 2 fully saturated rings. The number of ether oxygens (including phenoxy) is 1. The van der Waals surface area contributed by atoms with Gasteiger partial charge in [0.15, 0.2) is 0 Å². The molecule has 104 valence electrons. The Morgan fingerprint density at radius 2 is 1.89 bits per heavy atom. The first-order valence-corrected chi connectivity index (χ1v) is 8.38. The molecule has 1 aliphatic carbocycles. The van der Waals surface area contributed by atoms with Gasteiger partial charge in [0.2, 0.25) is 0 Å². The number of nitrogens with two attached hydrogens (primary N) is 1. The van der Waals surface area contributed by atoms with Gasteiger partial charge in [0, 0.05) is 17.2 Å². The van der Waals surface area contributed by atoms with Crippen LogP contribution in [-0.2, 0) is 11.3 Å². The molecule has 1 aromatic rings. The molecule has 0 radical (unpaired) electrons. The first kappa shape index (κ1) is 13.5. The molecule has 2 N–H and O–H groups in total. The third-order valence-corrected chi connectivity index (χ3v) is 5.59. The molecule has 19 heavy (non-hydrogen) atoms. The highest BCUT2D eigenvalue weighted by molar-refractivity contribution is 7.99. The van der Waals surface area contributed by atoms with Crippen LogP contribution in [0, 0.1) is 0 Å². The fraction of sp³-hybridized carbons (Fsp3) is 0.625. The van der Waals surface area contributed by atoms with Gasteiger partial charge >= 0.3 is 0 Å². The van der Waals surface area contributed by atoms with E-state index in [1.54, 1.807) is 0 Å². The molecule has 1 heterocycles. The van der Waals surface area contributed by atoms with Crippen LogP contribution in [0.4, 0.5) is 0 Å². The van der Waals surface area contributed by atoms with Crippen LogP contribution in [0.1, 0.15) is 44.1 Å². The summed E-state index contributed by atoms with van der Waals surface area (Å²) in [7, 11) is 0. The second-order valence-electron chi connectivity index (χ2n) is 5.83. The summed E-state index contributed by atoms with van der Waals surface area (Å²) in [5.41, 5.74) is 7.09. The first-order valence-electron chi connectivity index (χ1n) is 7.39. The summed E-state index contributed by atoms with van der Waals surface area (Å²) in [5.74, 6) is 1.09. The van der Waals surface area contributed by atoms with E-state index in [2.05, 4.69) is 24.3 Å². The van der Waals surface area contributed by atoms with Crippen LogP contribution < -0.4 is 5.73 Å². The van der Waals surface area contributed by atoms with Gasteiger partial charge in [-0.25, -0.2) is 0 Å². The number of thioether (sulfide) groups is 1. The molecule has 1 atom stereocenters. The molecule has 3 heteroatoms. The Bertz CT molecular complexity index is 411. The number of hydrogen-bond acceptors (Lipinski definition) is 3. The van der Waals surface area contributed by atoms with Gasteiger partial charge in [-0.05, 0) is 43.4 Å². The van der Waals surface area contributed by atoms with Crippen molar-refractivity contribution < 1.29 is 4.74 Å². The Kier molecular flexibility index (Phi) is 4.15. The van der Waals surface area contributed by atoms with Crippen molar-refractivity contribution in [1.29, 1.82) is 0 Å². The van der Waals surface area contributed by atoms with Crippen LogP contribution in [0.5, 0.6) is 0 Å². The Labute approximate surface area is 120 Å². The zero-order valence-corrected chi connectivity index (χ0v) is 12.3. The molecule has 0 bridgehead atoms. The Morgan fingerprint density at radius 3 is 2.58 bits per heavy atom. The van der Waals surface area contributed by atoms with E-state index in [9.17, 15) is 0 Å². The van der Waals surface area contributed by atoms with E-state index >= 15 is 0 Å². The van der Waals surface area contributed by atoms with E-state index in [4.69, 9.17) is 10.5 Å². The van der Waals surface area contributed by atoms with Gasteiger partial charge in [-0.15, -0.1) is 11.8 Å².